The number of hydrogen-bond acceptors (Lipinski definition) is 5. The third kappa shape index (κ3) is 3.28. The smallest absolute Gasteiger partial charge is 0.260 e. The van der Waals surface area contributed by atoms with E-state index < -0.39 is 5.79 Å². The van der Waals surface area contributed by atoms with E-state index >= 15 is 0 Å². The Morgan fingerprint density at radius 2 is 2.19 bits per heavy atom. The Balaban J connectivity index is 1.55. The normalized spacial score (nSPS) is 20.7. The van der Waals surface area contributed by atoms with Crippen molar-refractivity contribution in [3.63, 3.8) is 0 Å². The summed E-state index contributed by atoms with van der Waals surface area (Å²) in [6.07, 6.45) is 1.72. The third-order valence-electron chi connectivity index (χ3n) is 3.80. The fourth-order valence-electron chi connectivity index (χ4n) is 2.77. The van der Waals surface area contributed by atoms with Gasteiger partial charge in [-0.2, -0.15) is 0 Å². The lowest BCUT2D eigenvalue weighted by atomic mass is 10.0. The molecule has 0 saturated carbocycles. The Morgan fingerprint density at radius 1 is 1.38 bits per heavy atom. The number of ether oxygens (including phenoxy) is 3. The number of likely N-dealkylation sites (tertiary alicyclic amines) is 1. The summed E-state index contributed by atoms with van der Waals surface area (Å²) in [4.78, 5) is 14.0. The van der Waals surface area contributed by atoms with Crippen LogP contribution >= 0.6 is 0 Å². The maximum absolute atomic E-state index is 12.3. The van der Waals surface area contributed by atoms with Gasteiger partial charge in [-0.25, -0.2) is 0 Å². The summed E-state index contributed by atoms with van der Waals surface area (Å²) < 4.78 is 16.8. The minimum Gasteiger partial charge on any atom is -0.484 e. The van der Waals surface area contributed by atoms with E-state index in [1.165, 1.54) is 0 Å². The standard InChI is InChI=1S/C15H20N2O4/c16-12-3-1-4-13(9-12)19-10-14(18)17-6-2-5-15(11-17)20-7-8-21-15/h1,3-4,9H,2,5-8,10-11,16H2. The molecule has 0 aromatic heterocycles. The van der Waals surface area contributed by atoms with E-state index in [1.807, 2.05) is 0 Å². The Kier molecular flexibility index (Phi) is 3.98. The van der Waals surface area contributed by atoms with Gasteiger partial charge in [0.25, 0.3) is 5.91 Å². The highest BCUT2D eigenvalue weighted by Crippen LogP contribution is 2.30. The first-order valence-electron chi connectivity index (χ1n) is 7.21. The van der Waals surface area contributed by atoms with Gasteiger partial charge in [0.15, 0.2) is 12.4 Å². The van der Waals surface area contributed by atoms with Crippen molar-refractivity contribution in [2.45, 2.75) is 18.6 Å². The summed E-state index contributed by atoms with van der Waals surface area (Å²) in [5.41, 5.74) is 6.29. The summed E-state index contributed by atoms with van der Waals surface area (Å²) in [6, 6.07) is 7.06. The molecule has 1 spiro atoms. The van der Waals surface area contributed by atoms with Crippen LogP contribution in [0.2, 0.25) is 0 Å². The van der Waals surface area contributed by atoms with Crippen LogP contribution in [-0.4, -0.2) is 49.5 Å². The van der Waals surface area contributed by atoms with Gasteiger partial charge in [-0.3, -0.25) is 4.79 Å². The summed E-state index contributed by atoms with van der Waals surface area (Å²) in [5, 5.41) is 0. The number of carbonyl (C=O) groups is 1. The summed E-state index contributed by atoms with van der Waals surface area (Å²) >= 11 is 0. The Bertz CT molecular complexity index is 514. The number of amides is 1. The number of nitrogens with two attached hydrogens (primary N) is 1. The highest BCUT2D eigenvalue weighted by atomic mass is 16.7. The maximum Gasteiger partial charge on any atom is 0.260 e. The van der Waals surface area contributed by atoms with E-state index in [2.05, 4.69) is 0 Å². The fraction of sp³-hybridized carbons (Fsp3) is 0.533. The van der Waals surface area contributed by atoms with Gasteiger partial charge in [0, 0.05) is 24.7 Å². The number of benzene rings is 1. The van der Waals surface area contributed by atoms with Crippen LogP contribution in [0.5, 0.6) is 5.75 Å². The minimum absolute atomic E-state index is 0.000463. The molecular weight excluding hydrogens is 272 g/mol. The van der Waals surface area contributed by atoms with E-state index in [4.69, 9.17) is 19.9 Å². The van der Waals surface area contributed by atoms with Crippen LogP contribution in [0.4, 0.5) is 5.69 Å². The highest BCUT2D eigenvalue weighted by molar-refractivity contribution is 5.78. The zero-order valence-corrected chi connectivity index (χ0v) is 11.9. The molecule has 6 nitrogen and oxygen atoms in total. The van der Waals surface area contributed by atoms with Crippen molar-refractivity contribution in [3.05, 3.63) is 24.3 Å². The molecule has 21 heavy (non-hydrogen) atoms. The topological polar surface area (TPSA) is 74.0 Å². The minimum atomic E-state index is -0.592. The van der Waals surface area contributed by atoms with Crippen molar-refractivity contribution >= 4 is 11.6 Å². The monoisotopic (exact) mass is 292 g/mol. The molecule has 2 fully saturated rings. The number of nitrogen functional groups attached to an aromatic ring is 1. The maximum atomic E-state index is 12.3. The SMILES string of the molecule is Nc1cccc(OCC(=O)N2CCCC3(C2)OCCO3)c1. The van der Waals surface area contributed by atoms with E-state index in [0.717, 1.165) is 12.8 Å². The van der Waals surface area contributed by atoms with E-state index in [-0.39, 0.29) is 12.5 Å². The lowest BCUT2D eigenvalue weighted by Crippen LogP contribution is -2.52. The Hall–Kier alpha value is -1.79. The van der Waals surface area contributed by atoms with Crippen molar-refractivity contribution in [2.75, 3.05) is 38.6 Å². The van der Waals surface area contributed by atoms with Gasteiger partial charge in [0.05, 0.1) is 19.8 Å². The first kappa shape index (κ1) is 14.2. The van der Waals surface area contributed by atoms with Gasteiger partial charge >= 0.3 is 0 Å². The van der Waals surface area contributed by atoms with Crippen LogP contribution in [0, 0.1) is 0 Å². The van der Waals surface area contributed by atoms with Gasteiger partial charge in [0.2, 0.25) is 0 Å². The molecule has 0 unspecified atom stereocenters. The molecule has 1 amide bonds. The molecule has 2 aliphatic heterocycles. The molecule has 0 bridgehead atoms. The van der Waals surface area contributed by atoms with Crippen molar-refractivity contribution in [3.8, 4) is 5.75 Å². The second-order valence-corrected chi connectivity index (χ2v) is 5.39. The highest BCUT2D eigenvalue weighted by Gasteiger charge is 2.42. The number of carbonyl (C=O) groups excluding carboxylic acids is 1. The molecule has 114 valence electrons. The van der Waals surface area contributed by atoms with Crippen LogP contribution in [0.3, 0.4) is 0 Å². The molecule has 2 N–H and O–H groups in total. The van der Waals surface area contributed by atoms with Crippen LogP contribution < -0.4 is 10.5 Å². The molecule has 6 heteroatoms. The van der Waals surface area contributed by atoms with Gasteiger partial charge < -0.3 is 24.8 Å². The Morgan fingerprint density at radius 3 is 2.95 bits per heavy atom. The quantitative estimate of drug-likeness (QED) is 0.842. The molecule has 0 radical (unpaired) electrons. The predicted molar refractivity (Wildman–Crippen MR) is 76.8 cm³/mol. The number of nitrogens with zero attached hydrogens (tertiary/aromatic N) is 1. The van der Waals surface area contributed by atoms with Crippen LogP contribution in [-0.2, 0) is 14.3 Å². The molecule has 3 rings (SSSR count). The molecule has 0 atom stereocenters. The molecule has 1 aromatic rings. The van der Waals surface area contributed by atoms with Crippen molar-refractivity contribution in [1.29, 1.82) is 0 Å². The summed E-state index contributed by atoms with van der Waals surface area (Å²) in [6.45, 7) is 2.39. The van der Waals surface area contributed by atoms with Gasteiger partial charge in [-0.1, -0.05) is 6.07 Å². The van der Waals surface area contributed by atoms with Gasteiger partial charge in [-0.15, -0.1) is 0 Å². The molecule has 2 aliphatic rings. The predicted octanol–water partition coefficient (Wildman–Crippen LogP) is 1.01. The first-order chi connectivity index (χ1) is 10.2. The molecule has 0 aliphatic carbocycles. The second-order valence-electron chi connectivity index (χ2n) is 5.39. The van der Waals surface area contributed by atoms with E-state index in [9.17, 15) is 4.79 Å². The molecule has 2 saturated heterocycles. The average molecular weight is 292 g/mol. The van der Waals surface area contributed by atoms with Crippen LogP contribution in [0.15, 0.2) is 24.3 Å². The van der Waals surface area contributed by atoms with Crippen molar-refractivity contribution in [1.82, 2.24) is 4.90 Å². The van der Waals surface area contributed by atoms with Crippen LogP contribution in [0.25, 0.3) is 0 Å². The zero-order chi connectivity index (χ0) is 14.7. The second kappa shape index (κ2) is 5.91. The molecule has 2 heterocycles. The lowest BCUT2D eigenvalue weighted by Gasteiger charge is -2.38. The number of piperidine rings is 1. The number of rotatable bonds is 3. The summed E-state index contributed by atoms with van der Waals surface area (Å²) in [7, 11) is 0. The largest absolute Gasteiger partial charge is 0.484 e. The van der Waals surface area contributed by atoms with E-state index in [1.54, 1.807) is 29.2 Å². The number of hydrogen-bond donors (Lipinski definition) is 1. The average Bonchev–Trinajstić information content (AvgIpc) is 2.93. The fourth-order valence-corrected chi connectivity index (χ4v) is 2.77. The van der Waals surface area contributed by atoms with Crippen molar-refractivity contribution in [2.24, 2.45) is 0 Å². The Labute approximate surface area is 123 Å². The third-order valence-corrected chi connectivity index (χ3v) is 3.80. The van der Waals surface area contributed by atoms with Gasteiger partial charge in [0.1, 0.15) is 5.75 Å². The zero-order valence-electron chi connectivity index (χ0n) is 11.9. The van der Waals surface area contributed by atoms with Crippen molar-refractivity contribution < 1.29 is 19.0 Å². The first-order valence-corrected chi connectivity index (χ1v) is 7.21. The van der Waals surface area contributed by atoms with E-state index in [0.29, 0.717) is 37.7 Å². The molecule has 1 aromatic carbocycles. The lowest BCUT2D eigenvalue weighted by molar-refractivity contribution is -0.193. The van der Waals surface area contributed by atoms with Gasteiger partial charge in [-0.05, 0) is 18.6 Å². The number of anilines is 1. The molecular formula is C15H20N2O4. The van der Waals surface area contributed by atoms with Crippen LogP contribution in [0.1, 0.15) is 12.8 Å². The summed E-state index contributed by atoms with van der Waals surface area (Å²) in [5.74, 6) is -0.0514.